The molecule has 2 N–H and O–H groups in total. The molecule has 0 radical (unpaired) electrons. The standard InChI is InChI=1S/C13H19ClN4O2/c1-3-20-7-10-16-9(14)6-11(17-10)18-5-4-13(2,8-18)12(15)19/h6H,3-5,7-8H2,1-2H3,(H2,15,19). The van der Waals surface area contributed by atoms with Gasteiger partial charge in [-0.3, -0.25) is 4.79 Å². The molecule has 1 aliphatic heterocycles. The van der Waals surface area contributed by atoms with Crippen LogP contribution in [0.1, 0.15) is 26.1 Å². The molecular formula is C13H19ClN4O2. The second kappa shape index (κ2) is 5.93. The highest BCUT2D eigenvalue weighted by Crippen LogP contribution is 2.32. The van der Waals surface area contributed by atoms with E-state index >= 15 is 0 Å². The number of primary amides is 1. The molecule has 1 unspecified atom stereocenters. The van der Waals surface area contributed by atoms with E-state index in [0.29, 0.717) is 43.0 Å². The highest BCUT2D eigenvalue weighted by molar-refractivity contribution is 6.29. The van der Waals surface area contributed by atoms with Crippen LogP contribution in [0.5, 0.6) is 0 Å². The second-order valence-corrected chi connectivity index (χ2v) is 5.59. The molecular weight excluding hydrogens is 280 g/mol. The van der Waals surface area contributed by atoms with E-state index in [0.717, 1.165) is 6.54 Å². The van der Waals surface area contributed by atoms with Gasteiger partial charge in [0.2, 0.25) is 5.91 Å². The zero-order valence-corrected chi connectivity index (χ0v) is 12.5. The maximum absolute atomic E-state index is 11.5. The van der Waals surface area contributed by atoms with Crippen LogP contribution in [0, 0.1) is 5.41 Å². The van der Waals surface area contributed by atoms with Gasteiger partial charge in [0.05, 0.1) is 5.41 Å². The molecule has 2 heterocycles. The summed E-state index contributed by atoms with van der Waals surface area (Å²) in [5.41, 5.74) is 4.94. The van der Waals surface area contributed by atoms with Crippen molar-refractivity contribution in [2.24, 2.45) is 11.1 Å². The molecule has 1 aromatic heterocycles. The number of nitrogens with zero attached hydrogens (tertiary/aromatic N) is 3. The molecule has 20 heavy (non-hydrogen) atoms. The molecule has 110 valence electrons. The Hall–Kier alpha value is -1.40. The molecule has 1 amide bonds. The van der Waals surface area contributed by atoms with E-state index in [1.54, 1.807) is 6.07 Å². The van der Waals surface area contributed by atoms with E-state index in [9.17, 15) is 4.79 Å². The molecule has 0 bridgehead atoms. The van der Waals surface area contributed by atoms with Gasteiger partial charge in [-0.2, -0.15) is 0 Å². The minimum atomic E-state index is -0.516. The van der Waals surface area contributed by atoms with Crippen molar-refractivity contribution >= 4 is 23.3 Å². The average molecular weight is 299 g/mol. The Morgan fingerprint density at radius 1 is 1.60 bits per heavy atom. The summed E-state index contributed by atoms with van der Waals surface area (Å²) < 4.78 is 5.30. The minimum Gasteiger partial charge on any atom is -0.374 e. The molecule has 0 saturated carbocycles. The normalized spacial score (nSPS) is 22.2. The van der Waals surface area contributed by atoms with Crippen LogP contribution in [-0.4, -0.2) is 35.6 Å². The van der Waals surface area contributed by atoms with Crippen molar-refractivity contribution in [2.75, 3.05) is 24.6 Å². The first-order valence-corrected chi connectivity index (χ1v) is 6.98. The Kier molecular flexibility index (Phi) is 4.45. The van der Waals surface area contributed by atoms with Crippen LogP contribution in [-0.2, 0) is 16.1 Å². The van der Waals surface area contributed by atoms with Crippen LogP contribution >= 0.6 is 11.6 Å². The van der Waals surface area contributed by atoms with Gasteiger partial charge in [0.15, 0.2) is 5.82 Å². The lowest BCUT2D eigenvalue weighted by atomic mass is 9.89. The van der Waals surface area contributed by atoms with Crippen molar-refractivity contribution in [3.8, 4) is 0 Å². The number of hydrogen-bond acceptors (Lipinski definition) is 5. The number of rotatable bonds is 5. The van der Waals surface area contributed by atoms with Gasteiger partial charge >= 0.3 is 0 Å². The summed E-state index contributed by atoms with van der Waals surface area (Å²) >= 11 is 6.02. The third-order valence-corrected chi connectivity index (χ3v) is 3.75. The maximum atomic E-state index is 11.5. The third kappa shape index (κ3) is 3.19. The Balaban J connectivity index is 2.17. The Morgan fingerprint density at radius 2 is 2.35 bits per heavy atom. The lowest BCUT2D eigenvalue weighted by Crippen LogP contribution is -2.37. The predicted octanol–water partition coefficient (Wildman–Crippen LogP) is 1.37. The summed E-state index contributed by atoms with van der Waals surface area (Å²) in [5.74, 6) is 0.974. The van der Waals surface area contributed by atoms with Gasteiger partial charge < -0.3 is 15.4 Å². The molecule has 1 aliphatic rings. The van der Waals surface area contributed by atoms with Crippen molar-refractivity contribution in [3.05, 3.63) is 17.0 Å². The Labute approximate surface area is 123 Å². The smallest absolute Gasteiger partial charge is 0.225 e. The van der Waals surface area contributed by atoms with Crippen molar-refractivity contribution in [2.45, 2.75) is 26.9 Å². The van der Waals surface area contributed by atoms with Gasteiger partial charge in [-0.05, 0) is 20.3 Å². The highest BCUT2D eigenvalue weighted by atomic mass is 35.5. The molecule has 7 heteroatoms. The van der Waals surface area contributed by atoms with Gasteiger partial charge in [-0.25, -0.2) is 9.97 Å². The van der Waals surface area contributed by atoms with E-state index in [-0.39, 0.29) is 5.91 Å². The van der Waals surface area contributed by atoms with E-state index in [2.05, 4.69) is 9.97 Å². The number of nitrogens with two attached hydrogens (primary N) is 1. The number of aromatic nitrogens is 2. The van der Waals surface area contributed by atoms with Gasteiger partial charge in [0, 0.05) is 25.8 Å². The van der Waals surface area contributed by atoms with Crippen molar-refractivity contribution in [1.29, 1.82) is 0 Å². The Morgan fingerprint density at radius 3 is 2.95 bits per heavy atom. The number of ether oxygens (including phenoxy) is 1. The fourth-order valence-electron chi connectivity index (χ4n) is 2.23. The SMILES string of the molecule is CCOCc1nc(Cl)cc(N2CCC(C)(C(N)=O)C2)n1. The second-order valence-electron chi connectivity index (χ2n) is 5.20. The molecule has 0 aromatic carbocycles. The van der Waals surface area contributed by atoms with Crippen LogP contribution in [0.15, 0.2) is 6.07 Å². The number of hydrogen-bond donors (Lipinski definition) is 1. The summed E-state index contributed by atoms with van der Waals surface area (Å²) in [5, 5.41) is 0.373. The Bertz CT molecular complexity index is 511. The van der Waals surface area contributed by atoms with Crippen LogP contribution in [0.4, 0.5) is 5.82 Å². The first-order valence-electron chi connectivity index (χ1n) is 6.60. The molecule has 1 aromatic rings. The van der Waals surface area contributed by atoms with Gasteiger partial charge in [0.25, 0.3) is 0 Å². The van der Waals surface area contributed by atoms with E-state index < -0.39 is 5.41 Å². The topological polar surface area (TPSA) is 81.3 Å². The summed E-state index contributed by atoms with van der Waals surface area (Å²) in [6, 6.07) is 1.70. The summed E-state index contributed by atoms with van der Waals surface area (Å²) in [7, 11) is 0. The quantitative estimate of drug-likeness (QED) is 0.830. The molecule has 1 saturated heterocycles. The number of carbonyl (C=O) groups is 1. The number of anilines is 1. The van der Waals surface area contributed by atoms with Gasteiger partial charge in [-0.15, -0.1) is 0 Å². The van der Waals surface area contributed by atoms with E-state index in [1.807, 2.05) is 18.7 Å². The first-order chi connectivity index (χ1) is 9.44. The van der Waals surface area contributed by atoms with Crippen LogP contribution in [0.2, 0.25) is 5.15 Å². The minimum absolute atomic E-state index is 0.283. The van der Waals surface area contributed by atoms with Gasteiger partial charge in [0.1, 0.15) is 17.6 Å². The lowest BCUT2D eigenvalue weighted by Gasteiger charge is -2.22. The van der Waals surface area contributed by atoms with Crippen LogP contribution in [0.3, 0.4) is 0 Å². The number of amides is 1. The number of halogens is 1. The molecule has 6 nitrogen and oxygen atoms in total. The third-order valence-electron chi connectivity index (χ3n) is 3.56. The largest absolute Gasteiger partial charge is 0.374 e. The first kappa shape index (κ1) is 15.0. The van der Waals surface area contributed by atoms with Crippen molar-refractivity contribution in [1.82, 2.24) is 9.97 Å². The molecule has 1 fully saturated rings. The molecule has 1 atom stereocenters. The monoisotopic (exact) mass is 298 g/mol. The van der Waals surface area contributed by atoms with Crippen molar-refractivity contribution in [3.63, 3.8) is 0 Å². The summed E-state index contributed by atoms with van der Waals surface area (Å²) in [6.07, 6.45) is 0.713. The summed E-state index contributed by atoms with van der Waals surface area (Å²) in [6.45, 7) is 5.97. The van der Waals surface area contributed by atoms with Crippen molar-refractivity contribution < 1.29 is 9.53 Å². The summed E-state index contributed by atoms with van der Waals surface area (Å²) in [4.78, 5) is 22.1. The van der Waals surface area contributed by atoms with E-state index in [4.69, 9.17) is 22.1 Å². The number of carbonyl (C=O) groups excluding carboxylic acids is 1. The maximum Gasteiger partial charge on any atom is 0.225 e. The van der Waals surface area contributed by atoms with Crippen LogP contribution < -0.4 is 10.6 Å². The fourth-order valence-corrected chi connectivity index (χ4v) is 2.42. The molecule has 0 spiro atoms. The zero-order valence-electron chi connectivity index (χ0n) is 11.7. The molecule has 2 rings (SSSR count). The predicted molar refractivity (Wildman–Crippen MR) is 76.5 cm³/mol. The van der Waals surface area contributed by atoms with Crippen LogP contribution in [0.25, 0.3) is 0 Å². The van der Waals surface area contributed by atoms with E-state index in [1.165, 1.54) is 0 Å². The molecule has 0 aliphatic carbocycles. The average Bonchev–Trinajstić information content (AvgIpc) is 2.80. The lowest BCUT2D eigenvalue weighted by molar-refractivity contribution is -0.125. The van der Waals surface area contributed by atoms with Gasteiger partial charge in [-0.1, -0.05) is 11.6 Å². The highest BCUT2D eigenvalue weighted by Gasteiger charge is 2.39. The zero-order chi connectivity index (χ0) is 14.8. The fraction of sp³-hybridized carbons (Fsp3) is 0.615.